The van der Waals surface area contributed by atoms with E-state index in [0.717, 1.165) is 0 Å². The fraction of sp³-hybridized carbons (Fsp3) is 0.833. The summed E-state index contributed by atoms with van der Waals surface area (Å²) in [5.41, 5.74) is 1.73. The lowest BCUT2D eigenvalue weighted by Crippen LogP contribution is -2.24. The van der Waals surface area contributed by atoms with Crippen LogP contribution in [0.5, 0.6) is 0 Å². The number of allylic oxidation sites excluding steroid dienone is 1. The smallest absolute Gasteiger partial charge is 0.0629 e. The minimum absolute atomic E-state index is 0.0337. The normalized spacial score (nSPS) is 14.4. The Hall–Kier alpha value is -0.0100. The van der Waals surface area contributed by atoms with Gasteiger partial charge in [-0.05, 0) is 40.0 Å². The minimum Gasteiger partial charge on any atom is -0.390 e. The van der Waals surface area contributed by atoms with Gasteiger partial charge in [0.05, 0.1) is 11.0 Å². The maximum absolute atomic E-state index is 9.77. The summed E-state index contributed by atoms with van der Waals surface area (Å²) in [7, 11) is 0. The molecule has 1 N–H and O–H groups in total. The molecule has 0 aromatic heterocycles. The van der Waals surface area contributed by atoms with E-state index in [0.29, 0.717) is 12.3 Å². The molecule has 1 nitrogen and oxygen atoms in total. The Kier molecular flexibility index (Phi) is 5.17. The molecule has 0 fully saturated rings. The molecule has 0 aliphatic rings. The lowest BCUT2D eigenvalue weighted by molar-refractivity contribution is 0.0795. The van der Waals surface area contributed by atoms with Crippen LogP contribution in [0.2, 0.25) is 0 Å². The van der Waals surface area contributed by atoms with Crippen LogP contribution in [-0.2, 0) is 0 Å². The Bertz CT molecular complexity index is 207. The van der Waals surface area contributed by atoms with Crippen molar-refractivity contribution in [3.63, 3.8) is 0 Å². The van der Waals surface area contributed by atoms with E-state index in [2.05, 4.69) is 27.7 Å². The van der Waals surface area contributed by atoms with E-state index in [1.807, 2.05) is 13.8 Å². The van der Waals surface area contributed by atoms with Crippen LogP contribution in [0, 0.1) is 5.92 Å². The van der Waals surface area contributed by atoms with Gasteiger partial charge in [-0.2, -0.15) is 0 Å². The average Bonchev–Trinajstić information content (AvgIpc) is 1.96. The van der Waals surface area contributed by atoms with Gasteiger partial charge in [-0.3, -0.25) is 0 Å². The van der Waals surface area contributed by atoms with Crippen molar-refractivity contribution in [1.29, 1.82) is 0 Å². The highest BCUT2D eigenvalue weighted by Gasteiger charge is 2.23. The Morgan fingerprint density at radius 1 is 1.29 bits per heavy atom. The first-order chi connectivity index (χ1) is 6.15. The van der Waals surface area contributed by atoms with Crippen LogP contribution >= 0.6 is 11.6 Å². The zero-order chi connectivity index (χ0) is 11.5. The summed E-state index contributed by atoms with van der Waals surface area (Å²) in [5, 5.41) is 9.81. The number of alkyl halides is 1. The summed E-state index contributed by atoms with van der Waals surface area (Å²) in [6, 6.07) is 0. The molecule has 0 aliphatic heterocycles. The van der Waals surface area contributed by atoms with E-state index in [-0.39, 0.29) is 5.38 Å². The Balaban J connectivity index is 4.74. The third-order valence-corrected chi connectivity index (χ3v) is 2.95. The molecule has 0 amide bonds. The quantitative estimate of drug-likeness (QED) is 0.563. The minimum atomic E-state index is -0.672. The second-order valence-electron chi connectivity index (χ2n) is 5.16. The van der Waals surface area contributed by atoms with Crippen molar-refractivity contribution < 1.29 is 5.11 Å². The molecule has 2 heteroatoms. The highest BCUT2D eigenvalue weighted by Crippen LogP contribution is 2.28. The molecule has 1 atom stereocenters. The molecule has 0 saturated heterocycles. The molecule has 0 heterocycles. The summed E-state index contributed by atoms with van der Waals surface area (Å²) in [6.07, 6.45) is 0.654. The fourth-order valence-electron chi connectivity index (χ4n) is 1.42. The van der Waals surface area contributed by atoms with Gasteiger partial charge in [0.1, 0.15) is 0 Å². The Morgan fingerprint density at radius 2 is 1.71 bits per heavy atom. The van der Waals surface area contributed by atoms with Crippen LogP contribution in [0.25, 0.3) is 0 Å². The highest BCUT2D eigenvalue weighted by atomic mass is 35.5. The summed E-state index contributed by atoms with van der Waals surface area (Å²) in [5.74, 6) is 0.406. The van der Waals surface area contributed by atoms with Gasteiger partial charge in [-0.1, -0.05) is 25.0 Å². The molecule has 1 unspecified atom stereocenters. The van der Waals surface area contributed by atoms with E-state index in [1.54, 1.807) is 0 Å². The van der Waals surface area contributed by atoms with E-state index >= 15 is 0 Å². The number of hydrogen-bond donors (Lipinski definition) is 1. The summed E-state index contributed by atoms with van der Waals surface area (Å²) < 4.78 is 0. The van der Waals surface area contributed by atoms with Gasteiger partial charge in [-0.25, -0.2) is 0 Å². The number of hydrogen-bond acceptors (Lipinski definition) is 1. The zero-order valence-corrected chi connectivity index (χ0v) is 10.9. The SMILES string of the molecule is CC(C)=C(CC(C)(C)O)C(Cl)C(C)C. The first-order valence-corrected chi connectivity index (χ1v) is 5.61. The van der Waals surface area contributed by atoms with Crippen LogP contribution in [-0.4, -0.2) is 16.1 Å². The van der Waals surface area contributed by atoms with E-state index < -0.39 is 5.60 Å². The molecular weight excluding hydrogens is 196 g/mol. The molecule has 0 aliphatic carbocycles. The van der Waals surface area contributed by atoms with Crippen LogP contribution in [0.15, 0.2) is 11.1 Å². The summed E-state index contributed by atoms with van der Waals surface area (Å²) in [4.78, 5) is 0. The Morgan fingerprint density at radius 3 is 1.93 bits per heavy atom. The van der Waals surface area contributed by atoms with E-state index in [1.165, 1.54) is 11.1 Å². The number of rotatable bonds is 4. The maximum Gasteiger partial charge on any atom is 0.0629 e. The second-order valence-corrected chi connectivity index (χ2v) is 5.63. The Labute approximate surface area is 93.2 Å². The molecule has 0 radical (unpaired) electrons. The predicted octanol–water partition coefficient (Wildman–Crippen LogP) is 3.75. The molecule has 0 aromatic carbocycles. The molecule has 0 aromatic rings. The molecule has 0 rings (SSSR count). The lowest BCUT2D eigenvalue weighted by Gasteiger charge is -2.25. The topological polar surface area (TPSA) is 20.2 Å². The first kappa shape index (κ1) is 14.0. The third-order valence-electron chi connectivity index (χ3n) is 2.18. The highest BCUT2D eigenvalue weighted by molar-refractivity contribution is 6.22. The van der Waals surface area contributed by atoms with Crippen LogP contribution < -0.4 is 0 Å². The second kappa shape index (κ2) is 5.18. The van der Waals surface area contributed by atoms with Crippen molar-refractivity contribution in [3.8, 4) is 0 Å². The lowest BCUT2D eigenvalue weighted by atomic mass is 9.89. The predicted molar refractivity (Wildman–Crippen MR) is 63.8 cm³/mol. The number of aliphatic hydroxyl groups is 1. The van der Waals surface area contributed by atoms with Crippen LogP contribution in [0.3, 0.4) is 0 Å². The van der Waals surface area contributed by atoms with Gasteiger partial charge in [0.25, 0.3) is 0 Å². The molecule has 84 valence electrons. The standard InChI is InChI=1S/C12H23ClO/c1-8(2)10(7-12(5,6)14)11(13)9(3)4/h9,11,14H,7H2,1-6H3. The molecule has 0 saturated carbocycles. The van der Waals surface area contributed by atoms with Gasteiger partial charge in [0.15, 0.2) is 0 Å². The molecule has 14 heavy (non-hydrogen) atoms. The first-order valence-electron chi connectivity index (χ1n) is 5.18. The number of halogens is 1. The summed E-state index contributed by atoms with van der Waals surface area (Å²) in [6.45, 7) is 12.0. The van der Waals surface area contributed by atoms with Crippen molar-refractivity contribution in [2.24, 2.45) is 5.92 Å². The van der Waals surface area contributed by atoms with Gasteiger partial charge in [-0.15, -0.1) is 11.6 Å². The van der Waals surface area contributed by atoms with Crippen molar-refractivity contribution in [2.75, 3.05) is 0 Å². The van der Waals surface area contributed by atoms with Crippen molar-refractivity contribution in [1.82, 2.24) is 0 Å². The van der Waals surface area contributed by atoms with Crippen LogP contribution in [0.4, 0.5) is 0 Å². The fourth-order valence-corrected chi connectivity index (χ4v) is 1.71. The molecule has 0 spiro atoms. The molecule has 0 bridgehead atoms. The van der Waals surface area contributed by atoms with Crippen molar-refractivity contribution in [3.05, 3.63) is 11.1 Å². The zero-order valence-electron chi connectivity index (χ0n) is 10.2. The van der Waals surface area contributed by atoms with Gasteiger partial charge < -0.3 is 5.11 Å². The van der Waals surface area contributed by atoms with Gasteiger partial charge in [0.2, 0.25) is 0 Å². The average molecular weight is 219 g/mol. The van der Waals surface area contributed by atoms with Crippen molar-refractivity contribution in [2.45, 2.75) is 58.9 Å². The molecular formula is C12H23ClO. The largest absolute Gasteiger partial charge is 0.390 e. The van der Waals surface area contributed by atoms with E-state index in [4.69, 9.17) is 11.6 Å². The summed E-state index contributed by atoms with van der Waals surface area (Å²) >= 11 is 6.31. The van der Waals surface area contributed by atoms with Crippen LogP contribution in [0.1, 0.15) is 48.0 Å². The van der Waals surface area contributed by atoms with Gasteiger partial charge in [0, 0.05) is 0 Å². The van der Waals surface area contributed by atoms with Gasteiger partial charge >= 0.3 is 0 Å². The monoisotopic (exact) mass is 218 g/mol. The van der Waals surface area contributed by atoms with E-state index in [9.17, 15) is 5.11 Å². The maximum atomic E-state index is 9.77. The van der Waals surface area contributed by atoms with Crippen molar-refractivity contribution >= 4 is 11.6 Å². The third kappa shape index (κ3) is 5.02.